The number of carboxylic acids is 2. The number of thiophene rings is 1. The molecule has 0 saturated carbocycles. The van der Waals surface area contributed by atoms with E-state index in [0.29, 0.717) is 17.0 Å². The summed E-state index contributed by atoms with van der Waals surface area (Å²) in [6.07, 6.45) is 11.6. The van der Waals surface area contributed by atoms with E-state index in [0.717, 1.165) is 35.5 Å². The number of aromatic carboxylic acids is 1. The highest BCUT2D eigenvalue weighted by atomic mass is 32.2. The Morgan fingerprint density at radius 1 is 0.816 bits per heavy atom. The van der Waals surface area contributed by atoms with Gasteiger partial charge in [-0.1, -0.05) is 76.8 Å². The molecule has 1 aromatic heterocycles. The van der Waals surface area contributed by atoms with Crippen molar-refractivity contribution in [3.05, 3.63) is 52.4 Å². The highest BCUT2D eigenvalue weighted by Crippen LogP contribution is 2.24. The number of nitrogens with one attached hydrogen (secondary N) is 1. The standard InChI is InChI=1S/C27H38N2O7S2/c1-2-3-4-5-6-7-8-9-10-11-18-28-38(35,36)24-17-16-23(37-24)20-29(25(30)27(33)34)19-21-12-14-22(15-13-21)26(31)32/h12-17,28H,2-11,18-20H2,1H3,(H,31,32)(H,33,34). The first-order chi connectivity index (χ1) is 18.1. The van der Waals surface area contributed by atoms with Crippen LogP contribution in [0.4, 0.5) is 0 Å². The van der Waals surface area contributed by atoms with Crippen molar-refractivity contribution < 1.29 is 33.0 Å². The molecule has 0 bridgehead atoms. The summed E-state index contributed by atoms with van der Waals surface area (Å²) in [5.74, 6) is -3.86. The first-order valence-corrected chi connectivity index (χ1v) is 15.4. The molecular formula is C27H38N2O7S2. The van der Waals surface area contributed by atoms with Crippen LogP contribution in [0.3, 0.4) is 0 Å². The second-order valence-corrected chi connectivity index (χ2v) is 12.4. The van der Waals surface area contributed by atoms with Gasteiger partial charge < -0.3 is 15.1 Å². The number of aliphatic carboxylic acids is 1. The molecule has 0 saturated heterocycles. The molecule has 11 heteroatoms. The van der Waals surface area contributed by atoms with Crippen LogP contribution in [0, 0.1) is 0 Å². The summed E-state index contributed by atoms with van der Waals surface area (Å²) in [7, 11) is -3.70. The van der Waals surface area contributed by atoms with Crippen LogP contribution in [0.5, 0.6) is 0 Å². The van der Waals surface area contributed by atoms with E-state index in [2.05, 4.69) is 11.6 Å². The van der Waals surface area contributed by atoms with Crippen LogP contribution in [-0.4, -0.2) is 47.9 Å². The molecule has 0 atom stereocenters. The third kappa shape index (κ3) is 10.9. The van der Waals surface area contributed by atoms with E-state index in [9.17, 15) is 27.9 Å². The quantitative estimate of drug-likeness (QED) is 0.165. The molecule has 1 amide bonds. The zero-order valence-corrected chi connectivity index (χ0v) is 23.5. The van der Waals surface area contributed by atoms with Gasteiger partial charge in [-0.3, -0.25) is 4.79 Å². The minimum atomic E-state index is -3.70. The molecule has 0 aliphatic carbocycles. The van der Waals surface area contributed by atoms with Gasteiger partial charge in [0.05, 0.1) is 12.1 Å². The monoisotopic (exact) mass is 566 g/mol. The number of carbonyl (C=O) groups excluding carboxylic acids is 1. The summed E-state index contributed by atoms with van der Waals surface area (Å²) in [6, 6.07) is 8.77. The summed E-state index contributed by atoms with van der Waals surface area (Å²) in [5, 5.41) is 18.2. The lowest BCUT2D eigenvalue weighted by atomic mass is 10.1. The Balaban J connectivity index is 1.85. The normalized spacial score (nSPS) is 11.4. The highest BCUT2D eigenvalue weighted by molar-refractivity contribution is 7.91. The smallest absolute Gasteiger partial charge is 0.394 e. The van der Waals surface area contributed by atoms with Gasteiger partial charge in [0.15, 0.2) is 0 Å². The molecule has 9 nitrogen and oxygen atoms in total. The number of rotatable bonds is 18. The number of carbonyl (C=O) groups is 3. The number of carboxylic acid groups (broad SMARTS) is 2. The summed E-state index contributed by atoms with van der Waals surface area (Å²) in [6.45, 7) is 2.40. The van der Waals surface area contributed by atoms with Crippen LogP contribution in [0.2, 0.25) is 0 Å². The maximum atomic E-state index is 12.7. The van der Waals surface area contributed by atoms with E-state index in [4.69, 9.17) is 5.11 Å². The van der Waals surface area contributed by atoms with Crippen molar-refractivity contribution >= 4 is 39.2 Å². The van der Waals surface area contributed by atoms with E-state index in [1.807, 2.05) is 0 Å². The highest BCUT2D eigenvalue weighted by Gasteiger charge is 2.23. The molecule has 0 aliphatic heterocycles. The van der Waals surface area contributed by atoms with Gasteiger partial charge >= 0.3 is 17.8 Å². The number of nitrogens with zero attached hydrogens (tertiary/aromatic N) is 1. The molecule has 0 radical (unpaired) electrons. The zero-order chi connectivity index (χ0) is 28.0. The van der Waals surface area contributed by atoms with Crippen molar-refractivity contribution in [1.29, 1.82) is 0 Å². The lowest BCUT2D eigenvalue weighted by molar-refractivity contribution is -0.156. The third-order valence-corrected chi connectivity index (χ3v) is 9.14. The number of amides is 1. The number of unbranched alkanes of at least 4 members (excludes halogenated alkanes) is 9. The molecule has 0 aliphatic rings. The van der Waals surface area contributed by atoms with Crippen molar-refractivity contribution in [3.63, 3.8) is 0 Å². The van der Waals surface area contributed by atoms with Crippen LogP contribution < -0.4 is 4.72 Å². The average molecular weight is 567 g/mol. The first kappa shape index (κ1) is 31.5. The molecule has 0 unspecified atom stereocenters. The van der Waals surface area contributed by atoms with Gasteiger partial charge in [-0.2, -0.15) is 0 Å². The minimum Gasteiger partial charge on any atom is -0.478 e. The SMILES string of the molecule is CCCCCCCCCCCCNS(=O)(=O)c1ccc(CN(Cc2ccc(C(=O)O)cc2)C(=O)C(=O)O)s1. The maximum Gasteiger partial charge on any atom is 0.394 e. The Labute approximate surface area is 228 Å². The second kappa shape index (κ2) is 16.3. The van der Waals surface area contributed by atoms with E-state index < -0.39 is 27.9 Å². The van der Waals surface area contributed by atoms with E-state index in [1.165, 1.54) is 75.3 Å². The third-order valence-electron chi connectivity index (χ3n) is 6.12. The number of sulfonamides is 1. The molecule has 0 fully saturated rings. The topological polar surface area (TPSA) is 141 Å². The lowest BCUT2D eigenvalue weighted by Crippen LogP contribution is -2.35. The fourth-order valence-corrected chi connectivity index (χ4v) is 6.46. The Bertz CT molecular complexity index is 1140. The van der Waals surface area contributed by atoms with Gasteiger partial charge in [-0.25, -0.2) is 22.7 Å². The molecule has 1 heterocycles. The predicted molar refractivity (Wildman–Crippen MR) is 147 cm³/mol. The van der Waals surface area contributed by atoms with Crippen molar-refractivity contribution in [2.24, 2.45) is 0 Å². The summed E-state index contributed by atoms with van der Waals surface area (Å²) >= 11 is 0.982. The van der Waals surface area contributed by atoms with Gasteiger partial charge in [0.2, 0.25) is 10.0 Å². The summed E-state index contributed by atoms with van der Waals surface area (Å²) < 4.78 is 28.1. The van der Waals surface area contributed by atoms with Gasteiger partial charge in [0.1, 0.15) is 4.21 Å². The fourth-order valence-electron chi connectivity index (χ4n) is 3.97. The zero-order valence-electron chi connectivity index (χ0n) is 21.9. The van der Waals surface area contributed by atoms with Gasteiger partial charge in [-0.15, -0.1) is 11.3 Å². The maximum absolute atomic E-state index is 12.7. The number of hydrogen-bond donors (Lipinski definition) is 3. The molecule has 210 valence electrons. The molecule has 38 heavy (non-hydrogen) atoms. The van der Waals surface area contributed by atoms with Crippen LogP contribution in [0.1, 0.15) is 91.9 Å². The Kier molecular flexibility index (Phi) is 13.5. The second-order valence-electron chi connectivity index (χ2n) is 9.27. The largest absolute Gasteiger partial charge is 0.478 e. The minimum absolute atomic E-state index is 0.0675. The van der Waals surface area contributed by atoms with Crippen LogP contribution in [0.15, 0.2) is 40.6 Å². The van der Waals surface area contributed by atoms with Gasteiger partial charge in [-0.05, 0) is 36.2 Å². The molecule has 2 aromatic rings. The molecule has 3 N–H and O–H groups in total. The molecule has 2 rings (SSSR count). The Morgan fingerprint density at radius 2 is 1.39 bits per heavy atom. The van der Waals surface area contributed by atoms with Crippen molar-refractivity contribution in [3.8, 4) is 0 Å². The average Bonchev–Trinajstić information content (AvgIpc) is 3.36. The lowest BCUT2D eigenvalue weighted by Gasteiger charge is -2.20. The van der Waals surface area contributed by atoms with Crippen LogP contribution in [-0.2, 0) is 32.7 Å². The fraction of sp³-hybridized carbons (Fsp3) is 0.519. The van der Waals surface area contributed by atoms with Crippen LogP contribution >= 0.6 is 11.3 Å². The Hall–Kier alpha value is -2.76. The van der Waals surface area contributed by atoms with E-state index >= 15 is 0 Å². The van der Waals surface area contributed by atoms with E-state index in [1.54, 1.807) is 6.07 Å². The van der Waals surface area contributed by atoms with Crippen LogP contribution in [0.25, 0.3) is 0 Å². The Morgan fingerprint density at radius 3 is 1.95 bits per heavy atom. The number of benzene rings is 1. The molecular weight excluding hydrogens is 528 g/mol. The molecule has 0 spiro atoms. The van der Waals surface area contributed by atoms with Crippen molar-refractivity contribution in [2.45, 2.75) is 88.4 Å². The van der Waals surface area contributed by atoms with Crippen molar-refractivity contribution in [2.75, 3.05) is 6.54 Å². The van der Waals surface area contributed by atoms with E-state index in [-0.39, 0.29) is 22.9 Å². The van der Waals surface area contributed by atoms with Gasteiger partial charge in [0, 0.05) is 18.0 Å². The predicted octanol–water partition coefficient (Wildman–Crippen LogP) is 5.26. The number of hydrogen-bond acceptors (Lipinski definition) is 6. The van der Waals surface area contributed by atoms with Crippen molar-refractivity contribution in [1.82, 2.24) is 9.62 Å². The summed E-state index contributed by atoms with van der Waals surface area (Å²) in [5.41, 5.74) is 0.621. The molecule has 1 aromatic carbocycles. The first-order valence-electron chi connectivity index (χ1n) is 13.1. The van der Waals surface area contributed by atoms with Gasteiger partial charge in [0.25, 0.3) is 0 Å². The summed E-state index contributed by atoms with van der Waals surface area (Å²) in [4.78, 5) is 36.2.